The maximum atomic E-state index is 15.4. The van der Waals surface area contributed by atoms with Crippen molar-refractivity contribution in [2.75, 3.05) is 19.5 Å². The highest BCUT2D eigenvalue weighted by molar-refractivity contribution is 6.05. The van der Waals surface area contributed by atoms with E-state index in [9.17, 15) is 4.79 Å². The molecule has 7 nitrogen and oxygen atoms in total. The number of ether oxygens (including phenoxy) is 3. The smallest absolute Gasteiger partial charge is 0.255 e. The van der Waals surface area contributed by atoms with Crippen molar-refractivity contribution in [1.29, 1.82) is 0 Å². The Hall–Kier alpha value is -4.72. The molecule has 1 heterocycles. The Morgan fingerprint density at radius 1 is 0.829 bits per heavy atom. The number of nitrogens with one attached hydrogen (secondary N) is 1. The van der Waals surface area contributed by atoms with Crippen molar-refractivity contribution >= 4 is 33.3 Å². The number of halogens is 1. The molecule has 0 bridgehead atoms. The number of nitrogens with zero attached hydrogens (tertiary/aromatic N) is 2. The number of fused-ring (bicyclic) bond motifs is 2. The number of carbonyl (C=O) groups is 1. The Balaban J connectivity index is 1.46. The van der Waals surface area contributed by atoms with Crippen LogP contribution in [0.5, 0.6) is 23.1 Å². The number of rotatable bonds is 6. The predicted molar refractivity (Wildman–Crippen MR) is 131 cm³/mol. The fourth-order valence-corrected chi connectivity index (χ4v) is 3.77. The second-order valence-corrected chi connectivity index (χ2v) is 7.64. The van der Waals surface area contributed by atoms with Crippen LogP contribution in [0, 0.1) is 5.82 Å². The molecule has 0 saturated heterocycles. The number of hydrogen-bond acceptors (Lipinski definition) is 6. The molecule has 0 spiro atoms. The molecule has 174 valence electrons. The third-order valence-electron chi connectivity index (χ3n) is 5.52. The van der Waals surface area contributed by atoms with E-state index in [-0.39, 0.29) is 17.5 Å². The summed E-state index contributed by atoms with van der Waals surface area (Å²) in [5, 5.41) is 4.33. The van der Waals surface area contributed by atoms with E-state index in [1.54, 1.807) is 60.7 Å². The molecule has 0 atom stereocenters. The van der Waals surface area contributed by atoms with Gasteiger partial charge in [0.05, 0.1) is 25.1 Å². The van der Waals surface area contributed by atoms with Gasteiger partial charge in [-0.25, -0.2) is 14.4 Å². The van der Waals surface area contributed by atoms with Gasteiger partial charge in [0.1, 0.15) is 6.33 Å². The van der Waals surface area contributed by atoms with E-state index >= 15 is 4.39 Å². The number of methoxy groups -OCH3 is 2. The van der Waals surface area contributed by atoms with E-state index in [1.165, 1.54) is 26.6 Å². The molecule has 0 radical (unpaired) electrons. The normalized spacial score (nSPS) is 10.8. The fraction of sp³-hybridized carbons (Fsp3) is 0.0741. The molecule has 8 heteroatoms. The van der Waals surface area contributed by atoms with Crippen LogP contribution >= 0.6 is 0 Å². The average molecular weight is 469 g/mol. The predicted octanol–water partition coefficient (Wildman–Crippen LogP) is 5.98. The van der Waals surface area contributed by atoms with Crippen LogP contribution in [-0.2, 0) is 0 Å². The molecule has 1 aromatic heterocycles. The summed E-state index contributed by atoms with van der Waals surface area (Å²) >= 11 is 0. The van der Waals surface area contributed by atoms with Crippen LogP contribution in [0.25, 0.3) is 21.7 Å². The van der Waals surface area contributed by atoms with E-state index in [1.807, 2.05) is 6.07 Å². The molecule has 35 heavy (non-hydrogen) atoms. The summed E-state index contributed by atoms with van der Waals surface area (Å²) < 4.78 is 31.9. The summed E-state index contributed by atoms with van der Waals surface area (Å²) in [5.74, 6) is 0.387. The largest absolute Gasteiger partial charge is 0.493 e. The monoisotopic (exact) mass is 469 g/mol. The zero-order chi connectivity index (χ0) is 24.4. The first-order valence-corrected chi connectivity index (χ1v) is 10.7. The summed E-state index contributed by atoms with van der Waals surface area (Å²) in [6.07, 6.45) is 1.34. The molecule has 0 saturated carbocycles. The standard InChI is InChI=1S/C27H20FN3O4/c1-33-23-13-20-21(14-24(23)34-2)29-15-30-27(20)35-22-11-8-17-12-18(9-10-19(17)25(22)28)31-26(32)16-6-4-3-5-7-16/h3-15H,1-2H3,(H,31,32). The molecule has 0 fully saturated rings. The number of anilines is 1. The van der Waals surface area contributed by atoms with Crippen LogP contribution in [-0.4, -0.2) is 30.1 Å². The van der Waals surface area contributed by atoms with Crippen LogP contribution in [0.4, 0.5) is 10.1 Å². The second kappa shape index (κ2) is 9.26. The Morgan fingerprint density at radius 3 is 2.37 bits per heavy atom. The van der Waals surface area contributed by atoms with Gasteiger partial charge >= 0.3 is 0 Å². The van der Waals surface area contributed by atoms with Gasteiger partial charge < -0.3 is 19.5 Å². The SMILES string of the molecule is COc1cc2ncnc(Oc3ccc4cc(NC(=O)c5ccccc5)ccc4c3F)c2cc1OC. The molecule has 5 rings (SSSR count). The lowest BCUT2D eigenvalue weighted by Crippen LogP contribution is -2.11. The first kappa shape index (κ1) is 22.1. The number of carbonyl (C=O) groups excluding carboxylic acids is 1. The third kappa shape index (κ3) is 4.29. The third-order valence-corrected chi connectivity index (χ3v) is 5.52. The van der Waals surface area contributed by atoms with Gasteiger partial charge in [0.2, 0.25) is 5.88 Å². The summed E-state index contributed by atoms with van der Waals surface area (Å²) in [6, 6.07) is 20.5. The van der Waals surface area contributed by atoms with Gasteiger partial charge in [0.25, 0.3) is 5.91 Å². The summed E-state index contributed by atoms with van der Waals surface area (Å²) in [4.78, 5) is 20.9. The Morgan fingerprint density at radius 2 is 1.60 bits per heavy atom. The Labute approximate surface area is 200 Å². The van der Waals surface area contributed by atoms with Crippen LogP contribution in [0.2, 0.25) is 0 Å². The van der Waals surface area contributed by atoms with E-state index in [0.29, 0.717) is 44.4 Å². The highest BCUT2D eigenvalue weighted by Gasteiger charge is 2.16. The minimum atomic E-state index is -0.546. The summed E-state index contributed by atoms with van der Waals surface area (Å²) in [6.45, 7) is 0. The first-order valence-electron chi connectivity index (χ1n) is 10.7. The zero-order valence-electron chi connectivity index (χ0n) is 18.9. The molecule has 1 amide bonds. The molecular formula is C27H20FN3O4. The Kier molecular flexibility index (Phi) is 5.85. The average Bonchev–Trinajstić information content (AvgIpc) is 2.90. The summed E-state index contributed by atoms with van der Waals surface area (Å²) in [5.41, 5.74) is 1.66. The summed E-state index contributed by atoms with van der Waals surface area (Å²) in [7, 11) is 3.05. The first-order chi connectivity index (χ1) is 17.1. The van der Waals surface area contributed by atoms with Crippen LogP contribution in [0.3, 0.4) is 0 Å². The molecule has 1 N–H and O–H groups in total. The molecule has 0 aliphatic rings. The molecule has 4 aromatic carbocycles. The van der Waals surface area contributed by atoms with Gasteiger partial charge in [0, 0.05) is 22.7 Å². The van der Waals surface area contributed by atoms with E-state index < -0.39 is 5.82 Å². The van der Waals surface area contributed by atoms with Gasteiger partial charge in [-0.2, -0.15) is 0 Å². The van der Waals surface area contributed by atoms with E-state index in [0.717, 1.165) is 0 Å². The van der Waals surface area contributed by atoms with Gasteiger partial charge in [-0.05, 0) is 47.9 Å². The molecule has 0 aliphatic heterocycles. The highest BCUT2D eigenvalue weighted by Crippen LogP contribution is 2.37. The Bertz CT molecular complexity index is 1560. The van der Waals surface area contributed by atoms with Crippen molar-refractivity contribution < 1.29 is 23.4 Å². The molecule has 5 aromatic rings. The van der Waals surface area contributed by atoms with Crippen molar-refractivity contribution in [2.24, 2.45) is 0 Å². The number of benzene rings is 4. The van der Waals surface area contributed by atoms with Crippen LogP contribution in [0.1, 0.15) is 10.4 Å². The molecule has 0 unspecified atom stereocenters. The zero-order valence-corrected chi connectivity index (χ0v) is 18.9. The van der Waals surface area contributed by atoms with Gasteiger partial charge in [-0.1, -0.05) is 24.3 Å². The van der Waals surface area contributed by atoms with Crippen molar-refractivity contribution in [3.8, 4) is 23.1 Å². The van der Waals surface area contributed by atoms with Gasteiger partial charge in [-0.15, -0.1) is 0 Å². The van der Waals surface area contributed by atoms with Crippen molar-refractivity contribution in [2.45, 2.75) is 0 Å². The number of hydrogen-bond donors (Lipinski definition) is 1. The lowest BCUT2D eigenvalue weighted by Gasteiger charge is -2.13. The molecule has 0 aliphatic carbocycles. The van der Waals surface area contributed by atoms with Gasteiger partial charge in [-0.3, -0.25) is 4.79 Å². The number of aromatic nitrogens is 2. The minimum Gasteiger partial charge on any atom is -0.493 e. The van der Waals surface area contributed by atoms with Gasteiger partial charge in [0.15, 0.2) is 23.1 Å². The van der Waals surface area contributed by atoms with Crippen LogP contribution < -0.4 is 19.5 Å². The number of amides is 1. The highest BCUT2D eigenvalue weighted by atomic mass is 19.1. The topological polar surface area (TPSA) is 82.6 Å². The second-order valence-electron chi connectivity index (χ2n) is 7.64. The van der Waals surface area contributed by atoms with Crippen molar-refractivity contribution in [1.82, 2.24) is 9.97 Å². The molecular weight excluding hydrogens is 449 g/mol. The van der Waals surface area contributed by atoms with E-state index in [4.69, 9.17) is 14.2 Å². The minimum absolute atomic E-state index is 0.00774. The van der Waals surface area contributed by atoms with E-state index in [2.05, 4.69) is 15.3 Å². The quantitative estimate of drug-likeness (QED) is 0.329. The maximum absolute atomic E-state index is 15.4. The van der Waals surface area contributed by atoms with Crippen molar-refractivity contribution in [3.05, 3.63) is 90.5 Å². The maximum Gasteiger partial charge on any atom is 0.255 e. The lowest BCUT2D eigenvalue weighted by atomic mass is 10.1. The fourth-order valence-electron chi connectivity index (χ4n) is 3.77. The lowest BCUT2D eigenvalue weighted by molar-refractivity contribution is 0.102. The van der Waals surface area contributed by atoms with Crippen molar-refractivity contribution in [3.63, 3.8) is 0 Å². The van der Waals surface area contributed by atoms with Crippen LogP contribution in [0.15, 0.2) is 79.1 Å².